The summed E-state index contributed by atoms with van der Waals surface area (Å²) in [6.07, 6.45) is -0.118. The largest absolute Gasteiger partial charge is 0.481 e. The summed E-state index contributed by atoms with van der Waals surface area (Å²) in [6, 6.07) is 8.80. The summed E-state index contributed by atoms with van der Waals surface area (Å²) < 4.78 is 0. The van der Waals surface area contributed by atoms with Crippen LogP contribution < -0.4 is 0 Å². The lowest BCUT2D eigenvalue weighted by Gasteiger charge is -2.00. The van der Waals surface area contributed by atoms with E-state index in [0.717, 1.165) is 0 Å². The van der Waals surface area contributed by atoms with Gasteiger partial charge in [-0.3, -0.25) is 9.90 Å². The summed E-state index contributed by atoms with van der Waals surface area (Å²) in [6.45, 7) is 0. The molecule has 2 aromatic rings. The van der Waals surface area contributed by atoms with Gasteiger partial charge in [-0.25, -0.2) is 9.78 Å². The highest BCUT2D eigenvalue weighted by atomic mass is 16.4. The third-order valence-corrected chi connectivity index (χ3v) is 2.97. The summed E-state index contributed by atoms with van der Waals surface area (Å²) in [5.74, 6) is 3.26. The summed E-state index contributed by atoms with van der Waals surface area (Å²) in [4.78, 5) is 25.4. The van der Waals surface area contributed by atoms with E-state index in [9.17, 15) is 14.7 Å². The van der Waals surface area contributed by atoms with Crippen LogP contribution in [-0.2, 0) is 16.3 Å². The first kappa shape index (κ1) is 16.0. The Morgan fingerprint density at radius 3 is 2.30 bits per heavy atom. The molecule has 0 aliphatic heterocycles. The highest BCUT2D eigenvalue weighted by Gasteiger charge is 2.08. The maximum atomic E-state index is 11.6. The van der Waals surface area contributed by atoms with Crippen molar-refractivity contribution in [3.63, 3.8) is 0 Å². The summed E-state index contributed by atoms with van der Waals surface area (Å²) in [5.41, 5.74) is 1.29. The van der Waals surface area contributed by atoms with Gasteiger partial charge in [-0.15, -0.1) is 0 Å². The number of aliphatic carboxylic acids is 1. The van der Waals surface area contributed by atoms with Crippen LogP contribution in [0.2, 0.25) is 0 Å². The van der Waals surface area contributed by atoms with Gasteiger partial charge in [0.05, 0.1) is 17.7 Å². The van der Waals surface area contributed by atoms with Crippen LogP contribution in [0.3, 0.4) is 0 Å². The number of hydrogen-bond donors (Lipinski definition) is 2. The van der Waals surface area contributed by atoms with Crippen LogP contribution in [0.5, 0.6) is 5.75 Å². The van der Waals surface area contributed by atoms with Crippen molar-refractivity contribution < 1.29 is 24.9 Å². The number of carbonyl (C=O) groups is 2. The molecule has 0 spiro atoms. The standard InChI is InChI=1S/C17H12NO5/c19-15-9-7-13(18-14(15)8-10-16(20)21)6-3-11-1-4-12(5-2-11)17(22)23/h1-2,4-5,7,9H,8,10H2,(H,20,21)(H,22,23). The molecule has 0 bridgehead atoms. The van der Waals surface area contributed by atoms with E-state index in [1.807, 2.05) is 0 Å². The normalized spacial score (nSPS) is 9.74. The van der Waals surface area contributed by atoms with Gasteiger partial charge >= 0.3 is 11.9 Å². The molecule has 1 aromatic heterocycles. The average Bonchev–Trinajstić information content (AvgIpc) is 2.53. The van der Waals surface area contributed by atoms with Gasteiger partial charge in [-0.2, -0.15) is 0 Å². The number of aryl methyl sites for hydroxylation is 1. The number of carboxylic acid groups (broad SMARTS) is 2. The smallest absolute Gasteiger partial charge is 0.335 e. The Morgan fingerprint density at radius 1 is 1.00 bits per heavy atom. The minimum atomic E-state index is -1.01. The number of hydrogen-bond acceptors (Lipinski definition) is 3. The quantitative estimate of drug-likeness (QED) is 0.843. The molecule has 23 heavy (non-hydrogen) atoms. The van der Waals surface area contributed by atoms with E-state index in [1.54, 1.807) is 12.1 Å². The van der Waals surface area contributed by atoms with Crippen LogP contribution in [-0.4, -0.2) is 27.1 Å². The topological polar surface area (TPSA) is 107 Å². The molecule has 1 aromatic carbocycles. The van der Waals surface area contributed by atoms with Gasteiger partial charge in [-0.1, -0.05) is 5.92 Å². The van der Waals surface area contributed by atoms with Gasteiger partial charge in [-0.05, 0) is 42.3 Å². The first-order valence-corrected chi connectivity index (χ1v) is 6.70. The summed E-state index contributed by atoms with van der Waals surface area (Å²) in [7, 11) is 0. The molecule has 0 unspecified atom stereocenters. The van der Waals surface area contributed by atoms with E-state index >= 15 is 0 Å². The first-order chi connectivity index (χ1) is 11.0. The van der Waals surface area contributed by atoms with Crippen LogP contribution >= 0.6 is 0 Å². The number of aromatic carboxylic acids is 1. The Hall–Kier alpha value is -3.33. The van der Waals surface area contributed by atoms with Gasteiger partial charge < -0.3 is 10.2 Å². The maximum Gasteiger partial charge on any atom is 0.335 e. The molecule has 0 aliphatic carbocycles. The lowest BCUT2D eigenvalue weighted by atomic mass is 10.1. The fourth-order valence-electron chi connectivity index (χ4n) is 1.79. The highest BCUT2D eigenvalue weighted by molar-refractivity contribution is 5.87. The average molecular weight is 310 g/mol. The molecule has 2 N–H and O–H groups in total. The van der Waals surface area contributed by atoms with Crippen LogP contribution in [0.4, 0.5) is 0 Å². The molecule has 0 aliphatic rings. The van der Waals surface area contributed by atoms with Gasteiger partial charge in [0.25, 0.3) is 0 Å². The third-order valence-electron chi connectivity index (χ3n) is 2.97. The van der Waals surface area contributed by atoms with Gasteiger partial charge in [0.15, 0.2) is 5.75 Å². The number of pyridine rings is 1. The lowest BCUT2D eigenvalue weighted by Crippen LogP contribution is -2.00. The zero-order chi connectivity index (χ0) is 16.8. The summed E-state index contributed by atoms with van der Waals surface area (Å²) in [5, 5.41) is 29.1. The van der Waals surface area contributed by atoms with E-state index in [4.69, 9.17) is 10.2 Å². The number of nitrogens with zero attached hydrogens (tertiary/aromatic N) is 1. The van der Waals surface area contributed by atoms with Crippen molar-refractivity contribution >= 4 is 11.9 Å². The van der Waals surface area contributed by atoms with E-state index in [1.165, 1.54) is 24.3 Å². The minimum absolute atomic E-state index is 0.0526. The van der Waals surface area contributed by atoms with Crippen molar-refractivity contribution in [2.75, 3.05) is 0 Å². The molecule has 0 saturated heterocycles. The number of rotatable bonds is 4. The molecule has 1 heterocycles. The monoisotopic (exact) mass is 310 g/mol. The van der Waals surface area contributed by atoms with Crippen LogP contribution in [0.1, 0.15) is 33.7 Å². The molecule has 0 fully saturated rings. The van der Waals surface area contributed by atoms with Crippen molar-refractivity contribution in [2.24, 2.45) is 0 Å². The second-order valence-corrected chi connectivity index (χ2v) is 4.67. The molecule has 1 radical (unpaired) electrons. The molecule has 0 saturated carbocycles. The molecule has 0 amide bonds. The van der Waals surface area contributed by atoms with Crippen molar-refractivity contribution in [1.82, 2.24) is 4.98 Å². The fourth-order valence-corrected chi connectivity index (χ4v) is 1.79. The molecule has 0 atom stereocenters. The Kier molecular flexibility index (Phi) is 4.95. The van der Waals surface area contributed by atoms with E-state index in [0.29, 0.717) is 11.3 Å². The third kappa shape index (κ3) is 4.58. The zero-order valence-electron chi connectivity index (χ0n) is 11.9. The Bertz CT molecular complexity index is 800. The molecular formula is C17H12NO5. The maximum absolute atomic E-state index is 11.6. The Balaban J connectivity index is 2.18. The van der Waals surface area contributed by atoms with E-state index in [2.05, 4.69) is 16.8 Å². The fraction of sp³-hybridized carbons (Fsp3) is 0.118. The number of aromatic nitrogens is 1. The van der Waals surface area contributed by atoms with E-state index < -0.39 is 11.9 Å². The van der Waals surface area contributed by atoms with Crippen molar-refractivity contribution in [3.05, 3.63) is 58.9 Å². The van der Waals surface area contributed by atoms with Crippen LogP contribution in [0, 0.1) is 11.8 Å². The molecule has 6 nitrogen and oxygen atoms in total. The molecular weight excluding hydrogens is 298 g/mol. The van der Waals surface area contributed by atoms with E-state index in [-0.39, 0.29) is 29.8 Å². The second kappa shape index (κ2) is 7.09. The van der Waals surface area contributed by atoms with Crippen molar-refractivity contribution in [2.45, 2.75) is 12.8 Å². The first-order valence-electron chi connectivity index (χ1n) is 6.70. The molecule has 6 heteroatoms. The molecule has 2 rings (SSSR count). The van der Waals surface area contributed by atoms with Gasteiger partial charge in [0.2, 0.25) is 0 Å². The number of benzene rings is 1. The minimum Gasteiger partial charge on any atom is -0.481 e. The Morgan fingerprint density at radius 2 is 1.70 bits per heavy atom. The predicted molar refractivity (Wildman–Crippen MR) is 79.7 cm³/mol. The van der Waals surface area contributed by atoms with Crippen LogP contribution in [0.15, 0.2) is 36.4 Å². The highest BCUT2D eigenvalue weighted by Crippen LogP contribution is 2.17. The zero-order valence-corrected chi connectivity index (χ0v) is 11.9. The number of carboxylic acids is 2. The van der Waals surface area contributed by atoms with Crippen molar-refractivity contribution in [1.29, 1.82) is 0 Å². The predicted octanol–water partition coefficient (Wildman–Crippen LogP) is 2.34. The summed E-state index contributed by atoms with van der Waals surface area (Å²) >= 11 is 0. The second-order valence-electron chi connectivity index (χ2n) is 4.67. The van der Waals surface area contributed by atoms with Gasteiger partial charge in [0, 0.05) is 12.0 Å². The molecule has 115 valence electrons. The van der Waals surface area contributed by atoms with Crippen LogP contribution in [0.25, 0.3) is 0 Å². The Labute approximate surface area is 132 Å². The van der Waals surface area contributed by atoms with Crippen molar-refractivity contribution in [3.8, 4) is 17.6 Å². The SMILES string of the molecule is [O]c1ccc(C#Cc2ccc(C(=O)O)cc2)nc1CCC(=O)O. The lowest BCUT2D eigenvalue weighted by molar-refractivity contribution is -0.136. The van der Waals surface area contributed by atoms with Gasteiger partial charge in [0.1, 0.15) is 5.69 Å².